The van der Waals surface area contributed by atoms with Gasteiger partial charge in [-0.3, -0.25) is 14.6 Å². The minimum Gasteiger partial charge on any atom is -0.337 e. The number of nitrogens with zero attached hydrogens (tertiary/aromatic N) is 4. The summed E-state index contributed by atoms with van der Waals surface area (Å²) in [5.74, 6) is -0.00825. The standard InChI is InChI=1S/C28H26N4O2/c1-20-6-4-7-22(18-20)27(33)31-14-5-15-32(17-16-31)28(34)24-19-26(21-10-12-29-13-11-21)30-25-9-3-2-8-23(24)25/h2-4,6-13,18-19H,5,14-17H2,1H3. The summed E-state index contributed by atoms with van der Waals surface area (Å²) in [6, 6.07) is 21.1. The number of aryl methyl sites for hydroxylation is 1. The molecule has 2 aromatic carbocycles. The summed E-state index contributed by atoms with van der Waals surface area (Å²) in [5.41, 5.74) is 4.84. The van der Waals surface area contributed by atoms with Crippen molar-refractivity contribution in [2.24, 2.45) is 0 Å². The molecule has 0 aliphatic carbocycles. The SMILES string of the molecule is Cc1cccc(C(=O)N2CCCN(C(=O)c3cc(-c4ccncc4)nc4ccccc34)CC2)c1. The van der Waals surface area contributed by atoms with E-state index in [4.69, 9.17) is 4.98 Å². The lowest BCUT2D eigenvalue weighted by molar-refractivity contribution is 0.0719. The normalized spacial score (nSPS) is 14.1. The first-order valence-electron chi connectivity index (χ1n) is 11.6. The maximum atomic E-state index is 13.7. The fourth-order valence-electron chi connectivity index (χ4n) is 4.48. The van der Waals surface area contributed by atoms with Crippen LogP contribution in [0.3, 0.4) is 0 Å². The summed E-state index contributed by atoms with van der Waals surface area (Å²) < 4.78 is 0. The summed E-state index contributed by atoms with van der Waals surface area (Å²) >= 11 is 0. The van der Waals surface area contributed by atoms with Crippen LogP contribution in [0.2, 0.25) is 0 Å². The Morgan fingerprint density at radius 3 is 2.29 bits per heavy atom. The van der Waals surface area contributed by atoms with E-state index in [0.29, 0.717) is 37.3 Å². The van der Waals surface area contributed by atoms with Gasteiger partial charge in [0.15, 0.2) is 0 Å². The van der Waals surface area contributed by atoms with Crippen LogP contribution >= 0.6 is 0 Å². The first-order chi connectivity index (χ1) is 16.6. The van der Waals surface area contributed by atoms with Crippen molar-refractivity contribution in [3.8, 4) is 11.3 Å². The van der Waals surface area contributed by atoms with Crippen molar-refractivity contribution in [1.82, 2.24) is 19.8 Å². The van der Waals surface area contributed by atoms with Crippen molar-refractivity contribution < 1.29 is 9.59 Å². The number of carbonyl (C=O) groups excluding carboxylic acids is 2. The third kappa shape index (κ3) is 4.39. The van der Waals surface area contributed by atoms with E-state index in [1.807, 2.05) is 83.5 Å². The van der Waals surface area contributed by atoms with Crippen molar-refractivity contribution in [3.05, 3.63) is 95.8 Å². The highest BCUT2D eigenvalue weighted by Gasteiger charge is 2.25. The van der Waals surface area contributed by atoms with Crippen LogP contribution in [-0.2, 0) is 0 Å². The zero-order chi connectivity index (χ0) is 23.5. The molecule has 6 heteroatoms. The van der Waals surface area contributed by atoms with Crippen LogP contribution in [0, 0.1) is 6.92 Å². The Hall–Kier alpha value is -4.06. The first kappa shape index (κ1) is 21.8. The predicted molar refractivity (Wildman–Crippen MR) is 133 cm³/mol. The Balaban J connectivity index is 1.41. The van der Waals surface area contributed by atoms with Gasteiger partial charge in [0, 0.05) is 55.1 Å². The molecule has 0 radical (unpaired) electrons. The van der Waals surface area contributed by atoms with E-state index in [1.165, 1.54) is 0 Å². The van der Waals surface area contributed by atoms with Gasteiger partial charge in [0.05, 0.1) is 16.8 Å². The van der Waals surface area contributed by atoms with Crippen molar-refractivity contribution >= 4 is 22.7 Å². The maximum absolute atomic E-state index is 13.7. The van der Waals surface area contributed by atoms with E-state index in [0.717, 1.165) is 34.1 Å². The van der Waals surface area contributed by atoms with E-state index in [-0.39, 0.29) is 11.8 Å². The van der Waals surface area contributed by atoms with Crippen molar-refractivity contribution in [1.29, 1.82) is 0 Å². The molecule has 5 rings (SSSR count). The lowest BCUT2D eigenvalue weighted by Gasteiger charge is -2.23. The van der Waals surface area contributed by atoms with Crippen molar-refractivity contribution in [2.45, 2.75) is 13.3 Å². The van der Waals surface area contributed by atoms with Gasteiger partial charge in [-0.25, -0.2) is 4.98 Å². The monoisotopic (exact) mass is 450 g/mol. The summed E-state index contributed by atoms with van der Waals surface area (Å²) in [6.45, 7) is 4.24. The number of benzene rings is 2. The van der Waals surface area contributed by atoms with Crippen LogP contribution in [0.25, 0.3) is 22.2 Å². The topological polar surface area (TPSA) is 66.4 Å². The second-order valence-corrected chi connectivity index (χ2v) is 8.62. The van der Waals surface area contributed by atoms with Gasteiger partial charge in [-0.2, -0.15) is 0 Å². The molecule has 0 atom stereocenters. The summed E-state index contributed by atoms with van der Waals surface area (Å²) in [6.07, 6.45) is 4.19. The van der Waals surface area contributed by atoms with E-state index >= 15 is 0 Å². The van der Waals surface area contributed by atoms with E-state index in [2.05, 4.69) is 4.98 Å². The average Bonchev–Trinajstić information content (AvgIpc) is 3.14. The Morgan fingerprint density at radius 2 is 1.53 bits per heavy atom. The fraction of sp³-hybridized carbons (Fsp3) is 0.214. The van der Waals surface area contributed by atoms with Crippen LogP contribution < -0.4 is 0 Å². The lowest BCUT2D eigenvalue weighted by atomic mass is 10.0. The van der Waals surface area contributed by atoms with E-state index in [1.54, 1.807) is 12.4 Å². The molecule has 4 aromatic rings. The molecule has 1 saturated heterocycles. The summed E-state index contributed by atoms with van der Waals surface area (Å²) in [7, 11) is 0. The predicted octanol–water partition coefficient (Wildman–Crippen LogP) is 4.59. The number of carbonyl (C=O) groups is 2. The Morgan fingerprint density at radius 1 is 0.794 bits per heavy atom. The van der Waals surface area contributed by atoms with E-state index < -0.39 is 0 Å². The molecule has 170 valence electrons. The van der Waals surface area contributed by atoms with Gasteiger partial charge in [-0.05, 0) is 49.7 Å². The average molecular weight is 451 g/mol. The molecule has 2 aromatic heterocycles. The molecule has 0 unspecified atom stereocenters. The van der Waals surface area contributed by atoms with Crippen LogP contribution in [0.15, 0.2) is 79.1 Å². The summed E-state index contributed by atoms with van der Waals surface area (Å²) in [4.78, 5) is 39.3. The third-order valence-electron chi connectivity index (χ3n) is 6.26. The highest BCUT2D eigenvalue weighted by Crippen LogP contribution is 2.26. The van der Waals surface area contributed by atoms with Crippen LogP contribution in [-0.4, -0.2) is 57.8 Å². The van der Waals surface area contributed by atoms with Gasteiger partial charge in [0.2, 0.25) is 0 Å². The van der Waals surface area contributed by atoms with Gasteiger partial charge in [-0.15, -0.1) is 0 Å². The Labute approximate surface area is 198 Å². The fourth-order valence-corrected chi connectivity index (χ4v) is 4.48. The molecule has 3 heterocycles. The molecular formula is C28H26N4O2. The molecule has 0 saturated carbocycles. The molecule has 2 amide bonds. The molecule has 0 N–H and O–H groups in total. The second-order valence-electron chi connectivity index (χ2n) is 8.62. The molecule has 1 fully saturated rings. The zero-order valence-electron chi connectivity index (χ0n) is 19.1. The van der Waals surface area contributed by atoms with Gasteiger partial charge in [-0.1, -0.05) is 35.9 Å². The number of rotatable bonds is 3. The molecule has 6 nitrogen and oxygen atoms in total. The van der Waals surface area contributed by atoms with Gasteiger partial charge in [0.25, 0.3) is 11.8 Å². The quantitative estimate of drug-likeness (QED) is 0.458. The number of aromatic nitrogens is 2. The highest BCUT2D eigenvalue weighted by molar-refractivity contribution is 6.07. The number of hydrogen-bond donors (Lipinski definition) is 0. The number of pyridine rings is 2. The maximum Gasteiger partial charge on any atom is 0.254 e. The minimum absolute atomic E-state index is 0.0207. The Kier molecular flexibility index (Phi) is 6.04. The number of fused-ring (bicyclic) bond motifs is 1. The first-order valence-corrected chi connectivity index (χ1v) is 11.6. The summed E-state index contributed by atoms with van der Waals surface area (Å²) in [5, 5.41) is 0.835. The van der Waals surface area contributed by atoms with Gasteiger partial charge >= 0.3 is 0 Å². The van der Waals surface area contributed by atoms with Crippen LogP contribution in [0.1, 0.15) is 32.7 Å². The second kappa shape index (κ2) is 9.43. The van der Waals surface area contributed by atoms with E-state index in [9.17, 15) is 9.59 Å². The minimum atomic E-state index is -0.0289. The molecule has 34 heavy (non-hydrogen) atoms. The molecular weight excluding hydrogens is 424 g/mol. The van der Waals surface area contributed by atoms with Gasteiger partial charge in [0.1, 0.15) is 0 Å². The molecule has 1 aliphatic heterocycles. The third-order valence-corrected chi connectivity index (χ3v) is 6.26. The molecule has 1 aliphatic rings. The smallest absolute Gasteiger partial charge is 0.254 e. The largest absolute Gasteiger partial charge is 0.337 e. The lowest BCUT2D eigenvalue weighted by Crippen LogP contribution is -2.37. The zero-order valence-corrected chi connectivity index (χ0v) is 19.1. The van der Waals surface area contributed by atoms with Crippen LogP contribution in [0.4, 0.5) is 0 Å². The number of hydrogen-bond acceptors (Lipinski definition) is 4. The Bertz CT molecular complexity index is 1350. The number of para-hydroxylation sites is 1. The van der Waals surface area contributed by atoms with Crippen molar-refractivity contribution in [3.63, 3.8) is 0 Å². The van der Waals surface area contributed by atoms with Crippen molar-refractivity contribution in [2.75, 3.05) is 26.2 Å². The number of amides is 2. The van der Waals surface area contributed by atoms with Crippen LogP contribution in [0.5, 0.6) is 0 Å². The highest BCUT2D eigenvalue weighted by atomic mass is 16.2. The molecule has 0 bridgehead atoms. The molecule has 0 spiro atoms. The van der Waals surface area contributed by atoms with Gasteiger partial charge < -0.3 is 9.80 Å².